The number of carbonyl (C=O) groups excluding carboxylic acids is 1. The third kappa shape index (κ3) is 8.24. The van der Waals surface area contributed by atoms with Crippen molar-refractivity contribution in [1.82, 2.24) is 15.2 Å². The van der Waals surface area contributed by atoms with Crippen LogP contribution in [-0.2, 0) is 4.74 Å². The van der Waals surface area contributed by atoms with Crippen molar-refractivity contribution >= 4 is 17.0 Å². The summed E-state index contributed by atoms with van der Waals surface area (Å²) in [6, 6.07) is 9.11. The van der Waals surface area contributed by atoms with E-state index in [1.807, 2.05) is 37.2 Å². The van der Waals surface area contributed by atoms with Gasteiger partial charge in [-0.15, -0.1) is 0 Å². The number of benzene rings is 1. The smallest absolute Gasteiger partial charge is 0.407 e. The minimum atomic E-state index is -0.615. The van der Waals surface area contributed by atoms with E-state index in [1.54, 1.807) is 32.9 Å². The van der Waals surface area contributed by atoms with Crippen LogP contribution in [0.4, 0.5) is 9.18 Å². The molecule has 30 heavy (non-hydrogen) atoms. The lowest BCUT2D eigenvalue weighted by Crippen LogP contribution is -2.34. The highest BCUT2D eigenvalue weighted by atomic mass is 19.1. The summed E-state index contributed by atoms with van der Waals surface area (Å²) >= 11 is 0. The Hall–Kier alpha value is -2.87. The molecule has 1 N–H and O–H groups in total. The number of rotatable bonds is 9. The lowest BCUT2D eigenvalue weighted by atomic mass is 10.2. The fraction of sp³-hybridized carbons (Fsp3) is 0.455. The SMILES string of the molecule is CN(C)CCOc1ccc2cc(OC/C(=C/F)CNC(=O)OC(C)(C)C)ccc2n1. The number of amides is 1. The van der Waals surface area contributed by atoms with Gasteiger partial charge in [-0.3, -0.25) is 0 Å². The maximum Gasteiger partial charge on any atom is 0.407 e. The number of nitrogens with zero attached hydrogens (tertiary/aromatic N) is 2. The van der Waals surface area contributed by atoms with Gasteiger partial charge in [0.2, 0.25) is 5.88 Å². The number of pyridine rings is 1. The highest BCUT2D eigenvalue weighted by Gasteiger charge is 2.16. The largest absolute Gasteiger partial charge is 0.489 e. The zero-order valence-electron chi connectivity index (χ0n) is 18.2. The number of aromatic nitrogens is 1. The van der Waals surface area contributed by atoms with Crippen LogP contribution in [0.25, 0.3) is 10.9 Å². The Balaban J connectivity index is 1.89. The van der Waals surface area contributed by atoms with Crippen LogP contribution < -0.4 is 14.8 Å². The summed E-state index contributed by atoms with van der Waals surface area (Å²) in [5.74, 6) is 1.14. The standard InChI is InChI=1S/C22H30FN3O4/c1-22(2,3)30-21(27)24-14-16(13-23)15-29-18-7-8-19-17(12-18)6-9-20(25-19)28-11-10-26(4)5/h6-9,12-13H,10-11,14-15H2,1-5H3,(H,24,27)/b16-13+. The molecule has 0 atom stereocenters. The predicted molar refractivity (Wildman–Crippen MR) is 115 cm³/mol. The van der Waals surface area contributed by atoms with E-state index in [-0.39, 0.29) is 18.7 Å². The summed E-state index contributed by atoms with van der Waals surface area (Å²) in [5.41, 5.74) is 0.442. The van der Waals surface area contributed by atoms with Crippen LogP contribution in [0.3, 0.4) is 0 Å². The van der Waals surface area contributed by atoms with E-state index in [0.717, 1.165) is 17.4 Å². The number of fused-ring (bicyclic) bond motifs is 1. The molecule has 0 unspecified atom stereocenters. The Morgan fingerprint density at radius 1 is 1.20 bits per heavy atom. The minimum Gasteiger partial charge on any atom is -0.489 e. The maximum atomic E-state index is 13.1. The molecule has 0 fully saturated rings. The van der Waals surface area contributed by atoms with Crippen molar-refractivity contribution in [3.63, 3.8) is 0 Å². The first-order chi connectivity index (χ1) is 14.2. The summed E-state index contributed by atoms with van der Waals surface area (Å²) in [7, 11) is 3.96. The lowest BCUT2D eigenvalue weighted by Gasteiger charge is -2.20. The van der Waals surface area contributed by atoms with Crippen LogP contribution in [0.5, 0.6) is 11.6 Å². The number of ether oxygens (including phenoxy) is 3. The molecule has 7 nitrogen and oxygen atoms in total. The van der Waals surface area contributed by atoms with Gasteiger partial charge < -0.3 is 24.4 Å². The molecule has 1 amide bonds. The van der Waals surface area contributed by atoms with E-state index in [4.69, 9.17) is 14.2 Å². The van der Waals surface area contributed by atoms with Crippen LogP contribution in [0.2, 0.25) is 0 Å². The molecule has 0 aliphatic rings. The molecule has 0 saturated carbocycles. The summed E-state index contributed by atoms with van der Waals surface area (Å²) < 4.78 is 29.6. The van der Waals surface area contributed by atoms with Gasteiger partial charge in [-0.1, -0.05) is 0 Å². The number of hydrogen-bond donors (Lipinski definition) is 1. The Kier molecular flexibility index (Phi) is 8.41. The van der Waals surface area contributed by atoms with E-state index in [9.17, 15) is 9.18 Å². The minimum absolute atomic E-state index is 0.00301. The van der Waals surface area contributed by atoms with Crippen molar-refractivity contribution < 1.29 is 23.4 Å². The molecular formula is C22H30FN3O4. The van der Waals surface area contributed by atoms with Crippen molar-refractivity contribution in [3.8, 4) is 11.6 Å². The topological polar surface area (TPSA) is 72.9 Å². The first-order valence-corrected chi connectivity index (χ1v) is 9.72. The second-order valence-corrected chi connectivity index (χ2v) is 8.07. The van der Waals surface area contributed by atoms with Gasteiger partial charge in [0, 0.05) is 30.1 Å². The van der Waals surface area contributed by atoms with Crippen LogP contribution in [0.15, 0.2) is 42.2 Å². The lowest BCUT2D eigenvalue weighted by molar-refractivity contribution is 0.0531. The van der Waals surface area contributed by atoms with Crippen LogP contribution in [0, 0.1) is 0 Å². The molecule has 1 aromatic carbocycles. The van der Waals surface area contributed by atoms with E-state index >= 15 is 0 Å². The van der Waals surface area contributed by atoms with E-state index in [1.165, 1.54) is 0 Å². The molecule has 0 radical (unpaired) electrons. The Bertz CT molecular complexity index is 878. The summed E-state index contributed by atoms with van der Waals surface area (Å²) in [5, 5.41) is 3.39. The van der Waals surface area contributed by atoms with Gasteiger partial charge in [-0.05, 0) is 59.1 Å². The van der Waals surface area contributed by atoms with Gasteiger partial charge in [0.15, 0.2) is 0 Å². The number of halogens is 1. The average molecular weight is 419 g/mol. The van der Waals surface area contributed by atoms with Gasteiger partial charge in [0.05, 0.1) is 11.8 Å². The number of alkyl carbamates (subject to hydrolysis) is 1. The summed E-state index contributed by atoms with van der Waals surface area (Å²) in [6.07, 6.45) is -0.181. The predicted octanol–water partition coefficient (Wildman–Crippen LogP) is 3.93. The normalized spacial score (nSPS) is 12.2. The van der Waals surface area contributed by atoms with Crippen molar-refractivity contribution in [2.45, 2.75) is 26.4 Å². The zero-order valence-corrected chi connectivity index (χ0v) is 18.2. The Labute approximate surface area is 176 Å². The quantitative estimate of drug-likeness (QED) is 0.664. The van der Waals surface area contributed by atoms with Gasteiger partial charge in [0.1, 0.15) is 24.6 Å². The number of likely N-dealkylation sites (N-methyl/N-ethyl adjacent to an activating group) is 1. The first-order valence-electron chi connectivity index (χ1n) is 9.72. The summed E-state index contributed by atoms with van der Waals surface area (Å²) in [6.45, 7) is 6.63. The fourth-order valence-corrected chi connectivity index (χ4v) is 2.38. The number of hydrogen-bond acceptors (Lipinski definition) is 6. The van der Waals surface area contributed by atoms with Crippen molar-refractivity contribution in [2.24, 2.45) is 0 Å². The molecule has 0 spiro atoms. The van der Waals surface area contributed by atoms with E-state index in [2.05, 4.69) is 10.3 Å². The van der Waals surface area contributed by atoms with Crippen LogP contribution >= 0.6 is 0 Å². The molecule has 0 aliphatic heterocycles. The Morgan fingerprint density at radius 3 is 2.63 bits per heavy atom. The number of nitrogens with one attached hydrogen (secondary N) is 1. The molecule has 2 rings (SSSR count). The molecule has 2 aromatic rings. The molecule has 164 valence electrons. The van der Waals surface area contributed by atoms with Gasteiger partial charge >= 0.3 is 6.09 Å². The van der Waals surface area contributed by atoms with Gasteiger partial charge in [-0.2, -0.15) is 0 Å². The van der Waals surface area contributed by atoms with Crippen LogP contribution in [0.1, 0.15) is 20.8 Å². The second kappa shape index (κ2) is 10.8. The monoisotopic (exact) mass is 419 g/mol. The third-order valence-electron chi connectivity index (χ3n) is 3.86. The van der Waals surface area contributed by atoms with Gasteiger partial charge in [-0.25, -0.2) is 14.2 Å². The number of carbonyl (C=O) groups is 1. The van der Waals surface area contributed by atoms with E-state index < -0.39 is 11.7 Å². The molecule has 0 saturated heterocycles. The van der Waals surface area contributed by atoms with Crippen molar-refractivity contribution in [3.05, 3.63) is 42.2 Å². The van der Waals surface area contributed by atoms with Gasteiger partial charge in [0.25, 0.3) is 0 Å². The maximum absolute atomic E-state index is 13.1. The van der Waals surface area contributed by atoms with Crippen molar-refractivity contribution in [1.29, 1.82) is 0 Å². The molecule has 0 bridgehead atoms. The molecule has 0 aliphatic carbocycles. The molecule has 1 heterocycles. The zero-order chi connectivity index (χ0) is 22.1. The highest BCUT2D eigenvalue weighted by Crippen LogP contribution is 2.22. The first kappa shape index (κ1) is 23.4. The average Bonchev–Trinajstić information content (AvgIpc) is 2.66. The molecule has 1 aromatic heterocycles. The van der Waals surface area contributed by atoms with Crippen molar-refractivity contribution in [2.75, 3.05) is 40.4 Å². The van der Waals surface area contributed by atoms with E-state index in [0.29, 0.717) is 24.6 Å². The summed E-state index contributed by atoms with van der Waals surface area (Å²) in [4.78, 5) is 18.2. The molecule has 8 heteroatoms. The third-order valence-corrected chi connectivity index (χ3v) is 3.86. The van der Waals surface area contributed by atoms with Crippen LogP contribution in [-0.4, -0.2) is 62.0 Å². The Morgan fingerprint density at radius 2 is 1.97 bits per heavy atom. The highest BCUT2D eigenvalue weighted by molar-refractivity contribution is 5.80. The second-order valence-electron chi connectivity index (χ2n) is 8.07. The molecular weight excluding hydrogens is 389 g/mol. The fourth-order valence-electron chi connectivity index (χ4n) is 2.38.